The molecule has 19 heavy (non-hydrogen) atoms. The Morgan fingerprint density at radius 1 is 1.26 bits per heavy atom. The van der Waals surface area contributed by atoms with E-state index in [0.717, 1.165) is 12.8 Å². The second kappa shape index (κ2) is 5.41. The number of hydrogen-bond acceptors (Lipinski definition) is 3. The Labute approximate surface area is 117 Å². The molecule has 4 heteroatoms. The number of nitrogens with zero attached hydrogens (tertiary/aromatic N) is 1. The van der Waals surface area contributed by atoms with Crippen LogP contribution in [0.15, 0.2) is 0 Å². The highest BCUT2D eigenvalue weighted by Gasteiger charge is 2.41. The molecule has 2 rings (SSSR count). The smallest absolute Gasteiger partial charge is 0.237 e. The molecule has 3 unspecified atom stereocenters. The van der Waals surface area contributed by atoms with E-state index in [2.05, 4.69) is 10.2 Å². The van der Waals surface area contributed by atoms with Gasteiger partial charge in [0.2, 0.25) is 5.91 Å². The summed E-state index contributed by atoms with van der Waals surface area (Å²) in [6, 6.07) is 1.29. The third-order valence-corrected chi connectivity index (χ3v) is 4.39. The molecule has 2 heterocycles. The van der Waals surface area contributed by atoms with Gasteiger partial charge in [-0.05, 0) is 53.4 Å². The zero-order valence-electron chi connectivity index (χ0n) is 12.8. The molecule has 0 spiro atoms. The van der Waals surface area contributed by atoms with Crippen LogP contribution in [0.1, 0.15) is 59.8 Å². The molecule has 0 saturated carbocycles. The van der Waals surface area contributed by atoms with Gasteiger partial charge in [0.25, 0.3) is 0 Å². The van der Waals surface area contributed by atoms with Crippen molar-refractivity contribution in [3.63, 3.8) is 0 Å². The second-order valence-electron chi connectivity index (χ2n) is 7.33. The van der Waals surface area contributed by atoms with Crippen molar-refractivity contribution in [2.45, 2.75) is 89.5 Å². The van der Waals surface area contributed by atoms with Crippen molar-refractivity contribution in [1.82, 2.24) is 10.2 Å². The minimum Gasteiger partial charge on any atom is -0.350 e. The molecule has 4 nitrogen and oxygen atoms in total. The van der Waals surface area contributed by atoms with Crippen molar-refractivity contribution in [2.75, 3.05) is 0 Å². The van der Waals surface area contributed by atoms with Gasteiger partial charge in [-0.15, -0.1) is 0 Å². The van der Waals surface area contributed by atoms with Crippen LogP contribution in [0.4, 0.5) is 0 Å². The Kier molecular flexibility index (Phi) is 4.21. The Balaban J connectivity index is 2.06. The molecule has 3 N–H and O–H groups in total. The van der Waals surface area contributed by atoms with Crippen LogP contribution >= 0.6 is 0 Å². The van der Waals surface area contributed by atoms with Gasteiger partial charge in [-0.2, -0.15) is 0 Å². The SMILES string of the molecule is CC(C(=O)NC(C)(C)C)N1C2CCCC1CC(N)C2. The highest BCUT2D eigenvalue weighted by Crippen LogP contribution is 2.35. The first-order valence-electron chi connectivity index (χ1n) is 7.63. The summed E-state index contributed by atoms with van der Waals surface area (Å²) < 4.78 is 0. The van der Waals surface area contributed by atoms with Crippen molar-refractivity contribution < 1.29 is 4.79 Å². The van der Waals surface area contributed by atoms with Gasteiger partial charge in [0, 0.05) is 23.7 Å². The first kappa shape index (κ1) is 14.8. The van der Waals surface area contributed by atoms with Gasteiger partial charge in [-0.25, -0.2) is 0 Å². The van der Waals surface area contributed by atoms with E-state index in [9.17, 15) is 4.79 Å². The number of fused-ring (bicyclic) bond motifs is 2. The normalized spacial score (nSPS) is 33.8. The summed E-state index contributed by atoms with van der Waals surface area (Å²) >= 11 is 0. The minimum atomic E-state index is -0.160. The topological polar surface area (TPSA) is 58.4 Å². The third-order valence-electron chi connectivity index (χ3n) is 4.39. The van der Waals surface area contributed by atoms with Crippen LogP contribution in [0.25, 0.3) is 0 Å². The van der Waals surface area contributed by atoms with Crippen molar-refractivity contribution in [3.8, 4) is 0 Å². The number of hydrogen-bond donors (Lipinski definition) is 2. The second-order valence-corrected chi connectivity index (χ2v) is 7.33. The fourth-order valence-electron chi connectivity index (χ4n) is 3.70. The maximum absolute atomic E-state index is 12.4. The Bertz CT molecular complexity index is 323. The van der Waals surface area contributed by atoms with Gasteiger partial charge in [0.15, 0.2) is 0 Å². The third kappa shape index (κ3) is 3.48. The van der Waals surface area contributed by atoms with Crippen LogP contribution < -0.4 is 11.1 Å². The lowest BCUT2D eigenvalue weighted by atomic mass is 9.81. The van der Waals surface area contributed by atoms with E-state index in [1.165, 1.54) is 19.3 Å². The van der Waals surface area contributed by atoms with Crippen LogP contribution in [-0.4, -0.2) is 40.5 Å². The largest absolute Gasteiger partial charge is 0.350 e. The number of amides is 1. The van der Waals surface area contributed by atoms with Gasteiger partial charge in [-0.1, -0.05) is 6.42 Å². The molecule has 110 valence electrons. The molecule has 2 fully saturated rings. The summed E-state index contributed by atoms with van der Waals surface area (Å²) in [5.74, 6) is 0.153. The maximum Gasteiger partial charge on any atom is 0.237 e. The van der Waals surface area contributed by atoms with Crippen LogP contribution in [0.2, 0.25) is 0 Å². The van der Waals surface area contributed by atoms with Crippen molar-refractivity contribution in [3.05, 3.63) is 0 Å². The minimum absolute atomic E-state index is 0.0398. The maximum atomic E-state index is 12.4. The van der Waals surface area contributed by atoms with E-state index >= 15 is 0 Å². The van der Waals surface area contributed by atoms with E-state index in [1.807, 2.05) is 27.7 Å². The lowest BCUT2D eigenvalue weighted by molar-refractivity contribution is -0.132. The molecule has 0 aromatic carbocycles. The molecule has 2 bridgehead atoms. The summed E-state index contributed by atoms with van der Waals surface area (Å²) in [6.45, 7) is 8.14. The Morgan fingerprint density at radius 2 is 1.79 bits per heavy atom. The molecule has 2 aliphatic rings. The van der Waals surface area contributed by atoms with Crippen LogP contribution in [-0.2, 0) is 4.79 Å². The summed E-state index contributed by atoms with van der Waals surface area (Å²) in [6.07, 6.45) is 5.76. The molecule has 2 saturated heterocycles. The fourth-order valence-corrected chi connectivity index (χ4v) is 3.70. The van der Waals surface area contributed by atoms with Crippen LogP contribution in [0.5, 0.6) is 0 Å². The van der Waals surface area contributed by atoms with Crippen molar-refractivity contribution in [2.24, 2.45) is 5.73 Å². The number of carbonyl (C=O) groups excluding carboxylic acids is 1. The number of rotatable bonds is 2. The highest BCUT2D eigenvalue weighted by atomic mass is 16.2. The molecule has 3 atom stereocenters. The Hall–Kier alpha value is -0.610. The van der Waals surface area contributed by atoms with E-state index in [-0.39, 0.29) is 17.5 Å². The van der Waals surface area contributed by atoms with Gasteiger partial charge < -0.3 is 11.1 Å². The molecule has 1 amide bonds. The molecule has 0 aromatic heterocycles. The predicted molar refractivity (Wildman–Crippen MR) is 77.8 cm³/mol. The van der Waals surface area contributed by atoms with Gasteiger partial charge >= 0.3 is 0 Å². The number of nitrogens with two attached hydrogens (primary N) is 1. The quantitative estimate of drug-likeness (QED) is 0.799. The molecular weight excluding hydrogens is 238 g/mol. The zero-order chi connectivity index (χ0) is 14.2. The molecule has 0 radical (unpaired) electrons. The van der Waals surface area contributed by atoms with E-state index < -0.39 is 0 Å². The summed E-state index contributed by atoms with van der Waals surface area (Å²) in [5.41, 5.74) is 5.98. The van der Waals surface area contributed by atoms with Crippen LogP contribution in [0.3, 0.4) is 0 Å². The van der Waals surface area contributed by atoms with Crippen LogP contribution in [0, 0.1) is 0 Å². The van der Waals surface area contributed by atoms with Gasteiger partial charge in [0.05, 0.1) is 6.04 Å². The standard InChI is InChI=1S/C15H29N3O/c1-10(14(19)17-15(2,3)4)18-12-6-5-7-13(18)9-11(16)8-12/h10-13H,5-9,16H2,1-4H3,(H,17,19). The van der Waals surface area contributed by atoms with E-state index in [0.29, 0.717) is 18.1 Å². The first-order chi connectivity index (χ1) is 8.78. The van der Waals surface area contributed by atoms with E-state index in [4.69, 9.17) is 5.73 Å². The number of nitrogens with one attached hydrogen (secondary N) is 1. The van der Waals surface area contributed by atoms with Gasteiger partial charge in [-0.3, -0.25) is 9.69 Å². The number of carbonyl (C=O) groups is 1. The molecule has 0 aromatic rings. The lowest BCUT2D eigenvalue weighted by Crippen LogP contribution is -2.62. The monoisotopic (exact) mass is 267 g/mol. The number of piperidine rings is 2. The Morgan fingerprint density at radius 3 is 2.26 bits per heavy atom. The summed E-state index contributed by atoms with van der Waals surface area (Å²) in [7, 11) is 0. The summed E-state index contributed by atoms with van der Waals surface area (Å²) in [4.78, 5) is 14.8. The highest BCUT2D eigenvalue weighted by molar-refractivity contribution is 5.82. The van der Waals surface area contributed by atoms with Crippen molar-refractivity contribution >= 4 is 5.91 Å². The zero-order valence-corrected chi connectivity index (χ0v) is 12.8. The van der Waals surface area contributed by atoms with E-state index in [1.54, 1.807) is 0 Å². The lowest BCUT2D eigenvalue weighted by Gasteiger charge is -2.50. The molecular formula is C15H29N3O. The predicted octanol–water partition coefficient (Wildman–Crippen LogP) is 1.63. The fraction of sp³-hybridized carbons (Fsp3) is 0.933. The summed E-state index contributed by atoms with van der Waals surface area (Å²) in [5, 5.41) is 3.10. The van der Waals surface area contributed by atoms with Crippen molar-refractivity contribution in [1.29, 1.82) is 0 Å². The molecule has 2 aliphatic heterocycles. The average Bonchev–Trinajstić information content (AvgIpc) is 2.24. The first-order valence-corrected chi connectivity index (χ1v) is 7.63. The van der Waals surface area contributed by atoms with Gasteiger partial charge in [0.1, 0.15) is 0 Å². The average molecular weight is 267 g/mol. The molecule has 0 aliphatic carbocycles.